The Balaban J connectivity index is 1.48. The predicted octanol–water partition coefficient (Wildman–Crippen LogP) is 0.361. The maximum atomic E-state index is 12.2. The molecule has 10 heteroatoms. The Kier molecular flexibility index (Phi) is 6.60. The zero-order valence-corrected chi connectivity index (χ0v) is 17.3. The number of aromatic amines is 1. The van der Waals surface area contributed by atoms with Gasteiger partial charge in [0.25, 0.3) is 5.56 Å². The predicted molar refractivity (Wildman–Crippen MR) is 113 cm³/mol. The fourth-order valence-electron chi connectivity index (χ4n) is 3.01. The molecule has 0 radical (unpaired) electrons. The Morgan fingerprint density at radius 3 is 2.57 bits per heavy atom. The van der Waals surface area contributed by atoms with E-state index in [0.29, 0.717) is 36.2 Å². The summed E-state index contributed by atoms with van der Waals surface area (Å²) in [7, 11) is -1.95. The zero-order valence-electron chi connectivity index (χ0n) is 16.5. The van der Waals surface area contributed by atoms with Crippen LogP contribution in [0.2, 0.25) is 0 Å². The van der Waals surface area contributed by atoms with Crippen molar-refractivity contribution in [2.24, 2.45) is 5.14 Å². The molecule has 4 N–H and O–H groups in total. The number of fused-ring (bicyclic) bond motifs is 1. The van der Waals surface area contributed by atoms with Gasteiger partial charge < -0.3 is 10.3 Å². The lowest BCUT2D eigenvalue weighted by Crippen LogP contribution is -2.36. The van der Waals surface area contributed by atoms with E-state index in [1.165, 1.54) is 12.1 Å². The van der Waals surface area contributed by atoms with Gasteiger partial charge in [-0.2, -0.15) is 0 Å². The highest BCUT2D eigenvalue weighted by Crippen LogP contribution is 2.09. The minimum Gasteiger partial charge on any atom is -0.355 e. The summed E-state index contributed by atoms with van der Waals surface area (Å²) >= 11 is 0. The number of aromatic nitrogens is 2. The van der Waals surface area contributed by atoms with Crippen molar-refractivity contribution in [1.82, 2.24) is 20.2 Å². The minimum absolute atomic E-state index is 0.0530. The highest BCUT2D eigenvalue weighted by Gasteiger charge is 2.10. The molecule has 0 aliphatic rings. The Labute approximate surface area is 174 Å². The number of nitrogens with two attached hydrogens (primary N) is 1. The maximum Gasteiger partial charge on any atom is 0.258 e. The second kappa shape index (κ2) is 9.16. The van der Waals surface area contributed by atoms with Crippen molar-refractivity contribution in [2.45, 2.75) is 17.9 Å². The van der Waals surface area contributed by atoms with Crippen LogP contribution in [-0.4, -0.2) is 49.3 Å². The molecule has 0 aliphatic heterocycles. The molecule has 30 heavy (non-hydrogen) atoms. The van der Waals surface area contributed by atoms with Gasteiger partial charge in [0.15, 0.2) is 0 Å². The van der Waals surface area contributed by atoms with E-state index in [9.17, 15) is 18.0 Å². The van der Waals surface area contributed by atoms with Gasteiger partial charge in [-0.25, -0.2) is 18.5 Å². The molecule has 2 aromatic carbocycles. The minimum atomic E-state index is -3.71. The van der Waals surface area contributed by atoms with Crippen LogP contribution in [0.1, 0.15) is 11.4 Å². The fourth-order valence-corrected chi connectivity index (χ4v) is 3.53. The first-order valence-electron chi connectivity index (χ1n) is 9.27. The number of sulfonamides is 1. The van der Waals surface area contributed by atoms with E-state index in [4.69, 9.17) is 5.14 Å². The molecule has 3 rings (SSSR count). The largest absolute Gasteiger partial charge is 0.355 e. The number of hydrogen-bond acceptors (Lipinski definition) is 6. The number of likely N-dealkylation sites (N-methyl/N-ethyl adjacent to an activating group) is 1. The summed E-state index contributed by atoms with van der Waals surface area (Å²) in [5.41, 5.74) is 1.29. The highest BCUT2D eigenvalue weighted by molar-refractivity contribution is 7.89. The number of carbonyl (C=O) groups is 1. The lowest BCUT2D eigenvalue weighted by molar-refractivity contribution is -0.122. The van der Waals surface area contributed by atoms with Crippen LogP contribution in [0.5, 0.6) is 0 Å². The van der Waals surface area contributed by atoms with E-state index < -0.39 is 10.0 Å². The van der Waals surface area contributed by atoms with Crippen LogP contribution in [0.25, 0.3) is 10.9 Å². The standard InChI is InChI=1S/C20H23N5O4S/c1-25(12-18-23-17-5-3-2-4-16(17)20(27)24-18)13-19(26)22-11-10-14-6-8-15(9-7-14)30(21,28)29/h2-9H,10-13H2,1H3,(H,22,26)(H2,21,28,29)(H,23,24,27). The van der Waals surface area contributed by atoms with Crippen LogP contribution in [0.4, 0.5) is 0 Å². The summed E-state index contributed by atoms with van der Waals surface area (Å²) in [5.74, 6) is 0.325. The average molecular weight is 430 g/mol. The van der Waals surface area contributed by atoms with E-state index >= 15 is 0 Å². The molecule has 0 saturated carbocycles. The van der Waals surface area contributed by atoms with Gasteiger partial charge in [0.2, 0.25) is 15.9 Å². The third kappa shape index (κ3) is 5.72. The summed E-state index contributed by atoms with van der Waals surface area (Å²) in [6.45, 7) is 0.871. The molecule has 0 unspecified atom stereocenters. The van der Waals surface area contributed by atoms with E-state index in [0.717, 1.165) is 5.56 Å². The number of nitrogens with zero attached hydrogens (tertiary/aromatic N) is 2. The summed E-state index contributed by atoms with van der Waals surface area (Å²) in [6.07, 6.45) is 0.555. The Hall–Kier alpha value is -3.08. The monoisotopic (exact) mass is 429 g/mol. The first-order valence-corrected chi connectivity index (χ1v) is 10.8. The van der Waals surface area contributed by atoms with Crippen LogP contribution in [0.3, 0.4) is 0 Å². The van der Waals surface area contributed by atoms with Crippen molar-refractivity contribution in [3.8, 4) is 0 Å². The molecule has 9 nitrogen and oxygen atoms in total. The van der Waals surface area contributed by atoms with E-state index in [1.54, 1.807) is 42.3 Å². The van der Waals surface area contributed by atoms with Crippen LogP contribution >= 0.6 is 0 Å². The second-order valence-electron chi connectivity index (χ2n) is 6.99. The zero-order chi connectivity index (χ0) is 21.7. The van der Waals surface area contributed by atoms with E-state index in [-0.39, 0.29) is 22.9 Å². The lowest BCUT2D eigenvalue weighted by atomic mass is 10.1. The third-order valence-corrected chi connectivity index (χ3v) is 5.41. The van der Waals surface area contributed by atoms with Crippen LogP contribution < -0.4 is 16.0 Å². The van der Waals surface area contributed by atoms with Gasteiger partial charge >= 0.3 is 0 Å². The molecule has 1 heterocycles. The highest BCUT2D eigenvalue weighted by atomic mass is 32.2. The number of H-pyrrole nitrogens is 1. The number of primary sulfonamides is 1. The van der Waals surface area contributed by atoms with Gasteiger partial charge in [-0.15, -0.1) is 0 Å². The number of nitrogens with one attached hydrogen (secondary N) is 2. The number of para-hydroxylation sites is 1. The van der Waals surface area contributed by atoms with Gasteiger partial charge in [-0.05, 0) is 43.3 Å². The molecule has 158 valence electrons. The van der Waals surface area contributed by atoms with Crippen LogP contribution in [0, 0.1) is 0 Å². The van der Waals surface area contributed by atoms with Crippen molar-refractivity contribution in [3.05, 3.63) is 70.3 Å². The Bertz CT molecular complexity index is 1210. The molecule has 0 aliphatic carbocycles. The van der Waals surface area contributed by atoms with Crippen molar-refractivity contribution >= 4 is 26.8 Å². The molecular weight excluding hydrogens is 406 g/mol. The normalized spacial score (nSPS) is 11.7. The molecule has 0 saturated heterocycles. The second-order valence-corrected chi connectivity index (χ2v) is 8.55. The van der Waals surface area contributed by atoms with Crippen molar-refractivity contribution in [2.75, 3.05) is 20.1 Å². The number of rotatable bonds is 8. The van der Waals surface area contributed by atoms with Gasteiger partial charge in [-0.3, -0.25) is 14.5 Å². The lowest BCUT2D eigenvalue weighted by Gasteiger charge is -2.16. The SMILES string of the molecule is CN(CC(=O)NCCc1ccc(S(N)(=O)=O)cc1)Cc1nc2ccccc2c(=O)[nH]1. The summed E-state index contributed by atoms with van der Waals surface area (Å²) in [5, 5.41) is 8.41. The number of carbonyl (C=O) groups excluding carboxylic acids is 1. The van der Waals surface area contributed by atoms with Crippen molar-refractivity contribution in [1.29, 1.82) is 0 Å². The molecule has 0 atom stereocenters. The molecule has 0 spiro atoms. The molecular formula is C20H23N5O4S. The van der Waals surface area contributed by atoms with Gasteiger partial charge in [0.1, 0.15) is 5.82 Å². The number of amides is 1. The summed E-state index contributed by atoms with van der Waals surface area (Å²) in [4.78, 5) is 33.3. The number of hydrogen-bond donors (Lipinski definition) is 3. The fraction of sp³-hybridized carbons (Fsp3) is 0.250. The molecule has 3 aromatic rings. The Morgan fingerprint density at radius 2 is 1.87 bits per heavy atom. The molecule has 0 fully saturated rings. The summed E-state index contributed by atoms with van der Waals surface area (Å²) in [6, 6.07) is 13.3. The molecule has 0 bridgehead atoms. The Morgan fingerprint density at radius 1 is 1.17 bits per heavy atom. The van der Waals surface area contributed by atoms with E-state index in [2.05, 4.69) is 15.3 Å². The first kappa shape index (κ1) is 21.6. The average Bonchev–Trinajstić information content (AvgIpc) is 2.67. The van der Waals surface area contributed by atoms with Gasteiger partial charge in [0, 0.05) is 6.54 Å². The van der Waals surface area contributed by atoms with Crippen molar-refractivity contribution < 1.29 is 13.2 Å². The topological polar surface area (TPSA) is 138 Å². The summed E-state index contributed by atoms with van der Waals surface area (Å²) < 4.78 is 22.5. The van der Waals surface area contributed by atoms with Crippen LogP contribution in [-0.2, 0) is 27.8 Å². The molecule has 1 aromatic heterocycles. The maximum absolute atomic E-state index is 12.2. The molecule has 1 amide bonds. The number of benzene rings is 2. The quantitative estimate of drug-likeness (QED) is 0.473. The van der Waals surface area contributed by atoms with Gasteiger partial charge in [0.05, 0.1) is 28.9 Å². The smallest absolute Gasteiger partial charge is 0.258 e. The van der Waals surface area contributed by atoms with E-state index in [1.807, 2.05) is 6.07 Å². The van der Waals surface area contributed by atoms with Crippen molar-refractivity contribution in [3.63, 3.8) is 0 Å². The van der Waals surface area contributed by atoms with Gasteiger partial charge in [-0.1, -0.05) is 24.3 Å². The first-order chi connectivity index (χ1) is 14.2. The van der Waals surface area contributed by atoms with Crippen LogP contribution in [0.15, 0.2) is 58.2 Å². The third-order valence-electron chi connectivity index (χ3n) is 4.48.